The van der Waals surface area contributed by atoms with E-state index in [0.29, 0.717) is 12.4 Å². The summed E-state index contributed by atoms with van der Waals surface area (Å²) in [5.74, 6) is 1.47. The smallest absolute Gasteiger partial charge is 0.187 e. The topological polar surface area (TPSA) is 51.2 Å². The number of aryl methyl sites for hydroxylation is 1. The molecular weight excluding hydrogens is 336 g/mol. The van der Waals surface area contributed by atoms with Crippen LogP contribution in [0.1, 0.15) is 12.5 Å². The van der Waals surface area contributed by atoms with E-state index in [1.807, 2.05) is 91.2 Å². The molecule has 0 saturated heterocycles. The Morgan fingerprint density at radius 3 is 2.67 bits per heavy atom. The minimum Gasteiger partial charge on any atom is -0.493 e. The van der Waals surface area contributed by atoms with Crippen LogP contribution in [0.2, 0.25) is 0 Å². The van der Waals surface area contributed by atoms with Gasteiger partial charge in [-0.3, -0.25) is 4.40 Å². The summed E-state index contributed by atoms with van der Waals surface area (Å²) in [6, 6.07) is 21.7. The Morgan fingerprint density at radius 2 is 1.81 bits per heavy atom. The number of para-hydroxylation sites is 1. The summed E-state index contributed by atoms with van der Waals surface area (Å²) in [6.07, 6.45) is 1.94. The average molecular weight is 356 g/mol. The summed E-state index contributed by atoms with van der Waals surface area (Å²) in [7, 11) is 0. The fourth-order valence-corrected chi connectivity index (χ4v) is 3.00. The highest BCUT2D eigenvalue weighted by Gasteiger charge is 2.17. The van der Waals surface area contributed by atoms with Crippen LogP contribution >= 0.6 is 0 Å². The zero-order chi connectivity index (χ0) is 18.6. The van der Waals surface area contributed by atoms with Crippen molar-refractivity contribution in [3.8, 4) is 17.0 Å². The molecule has 5 heteroatoms. The summed E-state index contributed by atoms with van der Waals surface area (Å²) in [5, 5.41) is 9.00. The molecule has 0 bridgehead atoms. The summed E-state index contributed by atoms with van der Waals surface area (Å²) in [4.78, 5) is 4.78. The van der Waals surface area contributed by atoms with Crippen molar-refractivity contribution in [1.82, 2.24) is 9.38 Å². The third-order valence-electron chi connectivity index (χ3n) is 4.21. The van der Waals surface area contributed by atoms with Gasteiger partial charge in [0.1, 0.15) is 17.1 Å². The van der Waals surface area contributed by atoms with E-state index < -0.39 is 0 Å². The van der Waals surface area contributed by atoms with Gasteiger partial charge in [0.2, 0.25) is 0 Å². The summed E-state index contributed by atoms with van der Waals surface area (Å²) in [5.41, 5.74) is 4.43. The largest absolute Gasteiger partial charge is 0.493 e. The van der Waals surface area contributed by atoms with E-state index in [9.17, 15) is 0 Å². The Bertz CT molecular complexity index is 1110. The van der Waals surface area contributed by atoms with Gasteiger partial charge in [0.15, 0.2) is 5.82 Å². The van der Waals surface area contributed by atoms with Crippen molar-refractivity contribution < 1.29 is 4.74 Å². The lowest BCUT2D eigenvalue weighted by Gasteiger charge is -2.08. The monoisotopic (exact) mass is 356 g/mol. The van der Waals surface area contributed by atoms with Gasteiger partial charge in [-0.25, -0.2) is 4.98 Å². The molecule has 134 valence electrons. The lowest BCUT2D eigenvalue weighted by atomic mass is 10.1. The van der Waals surface area contributed by atoms with E-state index in [1.165, 1.54) is 0 Å². The molecule has 4 rings (SSSR count). The van der Waals surface area contributed by atoms with Gasteiger partial charge in [-0.05, 0) is 55.8 Å². The van der Waals surface area contributed by atoms with Crippen LogP contribution in [0.5, 0.6) is 5.75 Å². The van der Waals surface area contributed by atoms with Crippen molar-refractivity contribution in [1.29, 1.82) is 0 Å². The molecule has 0 saturated carbocycles. The van der Waals surface area contributed by atoms with Gasteiger partial charge in [0.05, 0.1) is 12.3 Å². The molecule has 2 heterocycles. The van der Waals surface area contributed by atoms with E-state index in [2.05, 4.69) is 10.2 Å². The molecule has 0 N–H and O–H groups in total. The fraction of sp³-hybridized carbons (Fsp3) is 0.136. The normalized spacial score (nSPS) is 11.3. The van der Waals surface area contributed by atoms with Crippen LogP contribution in [0.15, 0.2) is 83.2 Å². The summed E-state index contributed by atoms with van der Waals surface area (Å²) >= 11 is 0. The van der Waals surface area contributed by atoms with E-state index in [0.717, 1.165) is 33.9 Å². The van der Waals surface area contributed by atoms with Crippen molar-refractivity contribution in [3.05, 3.63) is 78.5 Å². The van der Waals surface area contributed by atoms with Crippen LogP contribution in [0.3, 0.4) is 0 Å². The third kappa shape index (κ3) is 3.44. The second-order valence-corrected chi connectivity index (χ2v) is 6.18. The van der Waals surface area contributed by atoms with Gasteiger partial charge in [-0.1, -0.05) is 30.3 Å². The number of ether oxygens (including phenoxy) is 1. The number of imidazole rings is 1. The number of nitrogens with zero attached hydrogens (tertiary/aromatic N) is 4. The van der Waals surface area contributed by atoms with E-state index in [4.69, 9.17) is 9.72 Å². The van der Waals surface area contributed by atoms with E-state index >= 15 is 0 Å². The van der Waals surface area contributed by atoms with Crippen LogP contribution in [-0.4, -0.2) is 16.0 Å². The molecule has 0 fully saturated rings. The molecule has 2 aromatic carbocycles. The first-order chi connectivity index (χ1) is 13.3. The molecule has 2 aromatic heterocycles. The minimum absolute atomic E-state index is 0.588. The molecule has 0 aliphatic heterocycles. The Morgan fingerprint density at radius 1 is 0.963 bits per heavy atom. The second-order valence-electron chi connectivity index (χ2n) is 6.18. The number of benzene rings is 2. The Balaban J connectivity index is 1.88. The van der Waals surface area contributed by atoms with Crippen molar-refractivity contribution in [2.45, 2.75) is 13.8 Å². The summed E-state index contributed by atoms with van der Waals surface area (Å²) < 4.78 is 7.74. The van der Waals surface area contributed by atoms with Crippen LogP contribution < -0.4 is 4.74 Å². The molecule has 0 radical (unpaired) electrons. The molecule has 0 atom stereocenters. The highest BCUT2D eigenvalue weighted by Crippen LogP contribution is 2.37. The highest BCUT2D eigenvalue weighted by atomic mass is 16.5. The second kappa shape index (κ2) is 7.41. The van der Waals surface area contributed by atoms with Gasteiger partial charge in [0, 0.05) is 11.8 Å². The molecule has 0 aliphatic carbocycles. The van der Waals surface area contributed by atoms with Crippen LogP contribution in [0, 0.1) is 6.92 Å². The molecule has 0 spiro atoms. The van der Waals surface area contributed by atoms with Crippen molar-refractivity contribution in [3.63, 3.8) is 0 Å². The lowest BCUT2D eigenvalue weighted by molar-refractivity contribution is 0.341. The Hall–Kier alpha value is -3.47. The highest BCUT2D eigenvalue weighted by molar-refractivity contribution is 5.78. The predicted molar refractivity (Wildman–Crippen MR) is 107 cm³/mol. The number of fused-ring (bicyclic) bond motifs is 1. The van der Waals surface area contributed by atoms with Crippen LogP contribution in [-0.2, 0) is 0 Å². The first-order valence-corrected chi connectivity index (χ1v) is 8.94. The maximum absolute atomic E-state index is 5.80. The number of hydrogen-bond donors (Lipinski definition) is 0. The van der Waals surface area contributed by atoms with Crippen LogP contribution in [0.4, 0.5) is 11.5 Å². The molecule has 0 amide bonds. The van der Waals surface area contributed by atoms with Gasteiger partial charge < -0.3 is 4.74 Å². The Labute approximate surface area is 158 Å². The quantitative estimate of drug-likeness (QED) is 0.404. The fourth-order valence-electron chi connectivity index (χ4n) is 3.00. The number of aromatic nitrogens is 2. The standard InChI is InChI=1S/C22H20N4O/c1-3-27-19-12-5-4-11-18(19)21-22(26-14-7-6-13-20(26)23-21)25-24-17-10-8-9-16(2)15-17/h4-15H,3H2,1-2H3. The van der Waals surface area contributed by atoms with Crippen LogP contribution in [0.25, 0.3) is 16.9 Å². The third-order valence-corrected chi connectivity index (χ3v) is 4.21. The molecule has 4 aromatic rings. The maximum Gasteiger partial charge on any atom is 0.187 e. The Kier molecular flexibility index (Phi) is 4.66. The predicted octanol–water partition coefficient (Wildman–Crippen LogP) is 6.12. The molecule has 0 aliphatic rings. The summed E-state index contributed by atoms with van der Waals surface area (Å²) in [6.45, 7) is 4.60. The van der Waals surface area contributed by atoms with Crippen molar-refractivity contribution >= 4 is 17.2 Å². The van der Waals surface area contributed by atoms with Gasteiger partial charge in [-0.15, -0.1) is 10.2 Å². The van der Waals surface area contributed by atoms with Gasteiger partial charge in [0.25, 0.3) is 0 Å². The number of rotatable bonds is 5. The maximum atomic E-state index is 5.80. The molecule has 5 nitrogen and oxygen atoms in total. The zero-order valence-electron chi connectivity index (χ0n) is 15.3. The van der Waals surface area contributed by atoms with E-state index in [1.54, 1.807) is 0 Å². The molecule has 0 unspecified atom stereocenters. The number of hydrogen-bond acceptors (Lipinski definition) is 4. The first kappa shape index (κ1) is 17.0. The molecular formula is C22H20N4O. The lowest BCUT2D eigenvalue weighted by Crippen LogP contribution is -1.94. The average Bonchev–Trinajstić information content (AvgIpc) is 3.05. The van der Waals surface area contributed by atoms with Crippen molar-refractivity contribution in [2.24, 2.45) is 10.2 Å². The number of azo groups is 1. The zero-order valence-corrected chi connectivity index (χ0v) is 15.3. The van der Waals surface area contributed by atoms with E-state index in [-0.39, 0.29) is 0 Å². The number of pyridine rings is 1. The molecule has 27 heavy (non-hydrogen) atoms. The first-order valence-electron chi connectivity index (χ1n) is 8.94. The minimum atomic E-state index is 0.588. The SMILES string of the molecule is CCOc1ccccc1-c1nc2ccccn2c1N=Nc1cccc(C)c1. The van der Waals surface area contributed by atoms with Crippen molar-refractivity contribution in [2.75, 3.05) is 6.61 Å². The van der Waals surface area contributed by atoms with Gasteiger partial charge >= 0.3 is 0 Å². The van der Waals surface area contributed by atoms with Gasteiger partial charge in [-0.2, -0.15) is 0 Å².